The molecule has 0 aliphatic carbocycles. The summed E-state index contributed by atoms with van der Waals surface area (Å²) in [5, 5.41) is 224. The second-order valence-electron chi connectivity index (χ2n) is 31.9. The quantitative estimate of drug-likeness (QED) is 0.0251. The SMILES string of the molecule is OCCOCC1OC2OC3C(COCCO)OC(OC4C(COCCO)OC(OC5C(COCCO)OC(OC6C(COCCO)OC(OC7C(COCCO)OC(OC8C(COCCO)OC(OC1C(OCCO)C2OCCO)C(OCCO)C8OCCO)C(OCCO)C7OCCO)C(OCCO)C6OCCO)C(OCCO)C5OCCO)C(OCCO)C4OCCO)C(OCCO)C3OCCO. The van der Waals surface area contributed by atoms with E-state index >= 15 is 0 Å². The number of rotatable bonds is 70. The van der Waals surface area contributed by atoms with Gasteiger partial charge in [-0.1, -0.05) is 0 Å². The van der Waals surface area contributed by atoms with E-state index in [0.717, 1.165) is 0 Å². The molecule has 140 heavy (non-hydrogen) atoms. The predicted octanol–water partition coefficient (Wildman–Crippen LogP) is -14.9. The molecule has 0 spiro atoms. The minimum atomic E-state index is -1.89. The van der Waals surface area contributed by atoms with Crippen molar-refractivity contribution in [1.29, 1.82) is 0 Å². The zero-order valence-corrected chi connectivity index (χ0v) is 78.5. The minimum absolute atomic E-state index is 0.378. The van der Waals surface area contributed by atoms with Gasteiger partial charge in [-0.25, -0.2) is 0 Å². The largest absolute Gasteiger partial charge is 0.394 e. The first-order valence-electron chi connectivity index (χ1n) is 47.3. The number of hydrogen-bond acceptors (Lipinski definition) is 56. The van der Waals surface area contributed by atoms with Gasteiger partial charge in [-0.2, -0.15) is 0 Å². The van der Waals surface area contributed by atoms with Crippen LogP contribution in [0.5, 0.6) is 0 Å². The summed E-state index contributed by atoms with van der Waals surface area (Å²) in [5.74, 6) is 0. The summed E-state index contributed by atoms with van der Waals surface area (Å²) in [5.41, 5.74) is 0. The van der Waals surface area contributed by atoms with Crippen molar-refractivity contribution in [3.05, 3.63) is 0 Å². The van der Waals surface area contributed by atoms with Gasteiger partial charge in [0.2, 0.25) is 0 Å². The fourth-order valence-corrected chi connectivity index (χ4v) is 17.1. The van der Waals surface area contributed by atoms with Crippen molar-refractivity contribution in [3.63, 3.8) is 0 Å². The maximum absolute atomic E-state index is 10.8. The van der Waals surface area contributed by atoms with Gasteiger partial charge in [0.1, 0.15) is 171 Å². The predicted molar refractivity (Wildman–Crippen MR) is 456 cm³/mol. The normalized spacial score (nSPS) is 35.9. The lowest BCUT2D eigenvalue weighted by atomic mass is 9.94. The van der Waals surface area contributed by atoms with Crippen molar-refractivity contribution in [2.24, 2.45) is 0 Å². The Hall–Kier alpha value is -2.24. The van der Waals surface area contributed by atoms with E-state index in [1.165, 1.54) is 0 Å². The highest BCUT2D eigenvalue weighted by Gasteiger charge is 2.64. The molecule has 826 valence electrons. The van der Waals surface area contributed by atoms with Gasteiger partial charge in [-0.15, -0.1) is 0 Å². The third-order valence-corrected chi connectivity index (χ3v) is 22.4. The van der Waals surface area contributed by atoms with Gasteiger partial charge in [0.15, 0.2) is 44.0 Å². The van der Waals surface area contributed by atoms with Crippen LogP contribution in [0, 0.1) is 0 Å². The van der Waals surface area contributed by atoms with E-state index in [9.17, 15) is 107 Å². The molecule has 0 aromatic heterocycles. The van der Waals surface area contributed by atoms with Crippen LogP contribution in [0.2, 0.25) is 0 Å². The van der Waals surface area contributed by atoms with Crippen LogP contribution >= 0.6 is 0 Å². The van der Waals surface area contributed by atoms with Crippen LogP contribution < -0.4 is 0 Å². The van der Waals surface area contributed by atoms with Crippen LogP contribution in [-0.2, 0) is 166 Å². The van der Waals surface area contributed by atoms with Crippen LogP contribution in [0.1, 0.15) is 0 Å². The van der Waals surface area contributed by atoms with E-state index in [4.69, 9.17) is 166 Å². The molecule has 21 heterocycles. The smallest absolute Gasteiger partial charge is 0.187 e. The van der Waals surface area contributed by atoms with Crippen LogP contribution in [0.4, 0.5) is 0 Å². The molecule has 21 saturated heterocycles. The molecular weight excluding hydrogens is 1900 g/mol. The van der Waals surface area contributed by atoms with Gasteiger partial charge in [-0.3, -0.25) is 0 Å². The highest BCUT2D eigenvalue weighted by molar-refractivity contribution is 5.06. The first kappa shape index (κ1) is 123. The molecule has 0 aromatic rings. The van der Waals surface area contributed by atoms with Gasteiger partial charge in [0.25, 0.3) is 0 Å². The summed E-state index contributed by atoms with van der Waals surface area (Å²) in [6.07, 6.45) is -59.9. The second-order valence-corrected chi connectivity index (χ2v) is 31.9. The van der Waals surface area contributed by atoms with Crippen molar-refractivity contribution < 1.29 is 273 Å². The van der Waals surface area contributed by atoms with Gasteiger partial charge in [0, 0.05) is 0 Å². The Balaban J connectivity index is 1.47. The van der Waals surface area contributed by atoms with Crippen LogP contribution in [0.15, 0.2) is 0 Å². The Morgan fingerprint density at radius 3 is 0.300 bits per heavy atom. The van der Waals surface area contributed by atoms with Crippen molar-refractivity contribution in [3.8, 4) is 0 Å². The number of aliphatic hydroxyl groups excluding tert-OH is 21. The molecule has 0 saturated carbocycles. The first-order valence-corrected chi connectivity index (χ1v) is 47.3. The second kappa shape index (κ2) is 72.3. The third-order valence-electron chi connectivity index (χ3n) is 22.4. The van der Waals surface area contributed by atoms with E-state index in [1.807, 2.05) is 0 Å². The molecule has 0 aromatic carbocycles. The fraction of sp³-hybridized carbons (Fsp3) is 1.00. The zero-order chi connectivity index (χ0) is 101. The van der Waals surface area contributed by atoms with E-state index in [0.29, 0.717) is 0 Å². The molecule has 14 bridgehead atoms. The molecule has 0 amide bonds. The lowest BCUT2D eigenvalue weighted by molar-refractivity contribution is -0.408. The van der Waals surface area contributed by atoms with Crippen LogP contribution in [0.3, 0.4) is 0 Å². The summed E-state index contributed by atoms with van der Waals surface area (Å²) in [7, 11) is 0. The van der Waals surface area contributed by atoms with Gasteiger partial charge >= 0.3 is 0 Å². The summed E-state index contributed by atoms with van der Waals surface area (Å²) in [4.78, 5) is 0. The Labute approximate surface area is 809 Å². The van der Waals surface area contributed by atoms with Crippen molar-refractivity contribution in [2.45, 2.75) is 215 Å². The van der Waals surface area contributed by atoms with Crippen LogP contribution in [-0.4, -0.2) is 646 Å². The number of ether oxygens (including phenoxy) is 35. The topological polar surface area (TPSA) is 748 Å². The zero-order valence-electron chi connectivity index (χ0n) is 78.5. The average Bonchev–Trinajstić information content (AvgIpc) is 0.770. The third kappa shape index (κ3) is 37.4. The van der Waals surface area contributed by atoms with Crippen LogP contribution in [0.25, 0.3) is 0 Å². The first-order chi connectivity index (χ1) is 68.7. The summed E-state index contributed by atoms with van der Waals surface area (Å²) in [6.45, 7) is -28.4. The lowest BCUT2D eigenvalue weighted by Crippen LogP contribution is -2.70. The van der Waals surface area contributed by atoms with E-state index < -0.39 is 492 Å². The molecule has 21 rings (SSSR count). The molecule has 56 nitrogen and oxygen atoms in total. The molecule has 21 aliphatic rings. The molecule has 35 unspecified atom stereocenters. The van der Waals surface area contributed by atoms with Crippen molar-refractivity contribution in [2.75, 3.05) is 324 Å². The summed E-state index contributed by atoms with van der Waals surface area (Å²) >= 11 is 0. The summed E-state index contributed by atoms with van der Waals surface area (Å²) in [6, 6.07) is 0. The summed E-state index contributed by atoms with van der Waals surface area (Å²) < 4.78 is 233. The maximum atomic E-state index is 10.8. The highest BCUT2D eigenvalue weighted by atomic mass is 16.8. The molecule has 0 radical (unpaired) electrons. The number of aliphatic hydroxyl groups is 21. The lowest BCUT2D eigenvalue weighted by Gasteiger charge is -2.53. The fourth-order valence-electron chi connectivity index (χ4n) is 17.1. The van der Waals surface area contributed by atoms with E-state index in [-0.39, 0.29) is 46.2 Å². The minimum Gasteiger partial charge on any atom is -0.394 e. The molecule has 21 aliphatic heterocycles. The van der Waals surface area contributed by atoms with Crippen molar-refractivity contribution in [1.82, 2.24) is 0 Å². The Morgan fingerprint density at radius 2 is 0.207 bits per heavy atom. The standard InChI is InChI=1S/C84H154O56/c85-1-22-106-43-50-57-64(113-29-8-92)71(120-36-15-99)78(127-50)135-58-51(44-107-23-2-86)129-80(73(122-38-17-101)65(58)114-30-9-93)137-60-53(46-109-25-4-88)131-82(75(124-40-19-103)67(60)116-32-11-95)139-62-55(48-111-27-6-90)133-84(77(126-42-21-105)69(62)118-34-13-97)140-63-56(49-112-28-7-91)132-83(76(125-41-20-104)70(63)119-35-14-98)138-61-54(47-110-26-5-89)130-81(74(123-39-18-102)68(61)117-33-12-96)136-59-52(45-108-24-3-87)128-79(134-57)72(121-37-16-100)66(59)115-31-10-94/h50-105H,1-49H2. The van der Waals surface area contributed by atoms with Gasteiger partial charge < -0.3 is 273 Å². The Morgan fingerprint density at radius 1 is 0.114 bits per heavy atom. The molecule has 35 atom stereocenters. The Bertz CT molecular complexity index is 2460. The monoisotopic (exact) mass is 2060 g/mol. The van der Waals surface area contributed by atoms with E-state index in [1.54, 1.807) is 0 Å². The molecule has 56 heteroatoms. The van der Waals surface area contributed by atoms with Crippen molar-refractivity contribution >= 4 is 0 Å². The maximum Gasteiger partial charge on any atom is 0.187 e. The number of hydrogen-bond donors (Lipinski definition) is 21. The van der Waals surface area contributed by atoms with Gasteiger partial charge in [0.05, 0.1) is 324 Å². The Kier molecular flexibility index (Phi) is 63.5. The highest BCUT2D eigenvalue weighted by Crippen LogP contribution is 2.45. The van der Waals surface area contributed by atoms with E-state index in [2.05, 4.69) is 0 Å². The molecule has 21 fully saturated rings. The average molecular weight is 2060 g/mol. The molecular formula is C84H154O56. The molecule has 21 N–H and O–H groups in total. The van der Waals surface area contributed by atoms with Gasteiger partial charge in [-0.05, 0) is 0 Å².